The molecule has 9 nitrogen and oxygen atoms in total. The van der Waals surface area contributed by atoms with Crippen LogP contribution in [-0.4, -0.2) is 42.4 Å². The molecule has 3 aromatic rings. The minimum absolute atomic E-state index is 0.288. The predicted molar refractivity (Wildman–Crippen MR) is 111 cm³/mol. The van der Waals surface area contributed by atoms with Crippen LogP contribution in [0.15, 0.2) is 55.0 Å². The third-order valence-electron chi connectivity index (χ3n) is 4.45. The summed E-state index contributed by atoms with van der Waals surface area (Å²) in [6, 6.07) is 12.4. The van der Waals surface area contributed by atoms with E-state index in [0.29, 0.717) is 34.2 Å². The van der Waals surface area contributed by atoms with Crippen molar-refractivity contribution >= 4 is 11.6 Å². The highest BCUT2D eigenvalue weighted by Gasteiger charge is 2.32. The van der Waals surface area contributed by atoms with Gasteiger partial charge in [0.05, 0.1) is 27.5 Å². The molecule has 0 aliphatic heterocycles. The van der Waals surface area contributed by atoms with Gasteiger partial charge in [-0.2, -0.15) is 0 Å². The van der Waals surface area contributed by atoms with E-state index in [1.807, 2.05) is 6.07 Å². The zero-order valence-electron chi connectivity index (χ0n) is 17.2. The number of ether oxygens (including phenoxy) is 3. The predicted octanol–water partition coefficient (Wildman–Crippen LogP) is 2.61. The molecule has 1 aromatic heterocycles. The third-order valence-corrected chi connectivity index (χ3v) is 4.45. The van der Waals surface area contributed by atoms with Gasteiger partial charge in [0, 0.05) is 23.4 Å². The van der Waals surface area contributed by atoms with E-state index in [1.165, 1.54) is 33.9 Å². The summed E-state index contributed by atoms with van der Waals surface area (Å²) in [5, 5.41) is 14.2. The van der Waals surface area contributed by atoms with E-state index in [9.17, 15) is 4.79 Å². The first-order valence-electron chi connectivity index (χ1n) is 9.09. The molecule has 9 heteroatoms. The number of nitrogens with zero attached hydrogens (tertiary/aromatic N) is 3. The first kappa shape index (κ1) is 20.8. The van der Waals surface area contributed by atoms with Crippen molar-refractivity contribution in [2.75, 3.05) is 26.6 Å². The summed E-state index contributed by atoms with van der Waals surface area (Å²) in [5.74, 6) is 1.10. The second-order valence-corrected chi connectivity index (χ2v) is 6.48. The van der Waals surface area contributed by atoms with Crippen LogP contribution >= 0.6 is 0 Å². The van der Waals surface area contributed by atoms with E-state index in [1.54, 1.807) is 43.3 Å². The topological polar surface area (TPSA) is 107 Å². The van der Waals surface area contributed by atoms with Gasteiger partial charge in [-0.25, -0.2) is 4.98 Å². The van der Waals surface area contributed by atoms with Crippen LogP contribution < -0.4 is 24.8 Å². The first-order valence-corrected chi connectivity index (χ1v) is 9.09. The number of rotatable bonds is 8. The second kappa shape index (κ2) is 9.08. The quantitative estimate of drug-likeness (QED) is 0.547. The number of anilines is 1. The summed E-state index contributed by atoms with van der Waals surface area (Å²) in [7, 11) is 4.59. The number of hydrogen-bond acceptors (Lipinski definition) is 8. The molecule has 156 valence electrons. The Morgan fingerprint density at radius 3 is 2.20 bits per heavy atom. The molecule has 0 radical (unpaired) electrons. The SMILES string of the molecule is COc1cc(NC(C)(NC(=O)c2ccccc2)c2cncnn2)cc(OC)c1OC. The van der Waals surface area contributed by atoms with Crippen molar-refractivity contribution in [3.8, 4) is 17.2 Å². The lowest BCUT2D eigenvalue weighted by Crippen LogP contribution is -2.50. The molecule has 30 heavy (non-hydrogen) atoms. The van der Waals surface area contributed by atoms with Gasteiger partial charge in [-0.3, -0.25) is 4.79 Å². The number of carbonyl (C=O) groups excluding carboxylic acids is 1. The Hall–Kier alpha value is -3.88. The van der Waals surface area contributed by atoms with E-state index in [-0.39, 0.29) is 5.91 Å². The molecule has 2 N–H and O–H groups in total. The van der Waals surface area contributed by atoms with Gasteiger partial charge in [0.15, 0.2) is 17.2 Å². The maximum absolute atomic E-state index is 12.9. The maximum atomic E-state index is 12.9. The molecule has 3 rings (SSSR count). The molecule has 1 atom stereocenters. The van der Waals surface area contributed by atoms with Crippen LogP contribution in [0.1, 0.15) is 23.0 Å². The van der Waals surface area contributed by atoms with Crippen molar-refractivity contribution in [1.82, 2.24) is 20.5 Å². The molecule has 0 saturated carbocycles. The minimum atomic E-state index is -1.14. The first-order chi connectivity index (χ1) is 14.5. The van der Waals surface area contributed by atoms with Crippen molar-refractivity contribution in [2.45, 2.75) is 12.6 Å². The Bertz CT molecular complexity index is 976. The zero-order valence-corrected chi connectivity index (χ0v) is 17.2. The zero-order chi connectivity index (χ0) is 21.6. The molecule has 1 amide bonds. The van der Waals surface area contributed by atoms with Gasteiger partial charge < -0.3 is 24.8 Å². The van der Waals surface area contributed by atoms with Crippen molar-refractivity contribution in [3.05, 3.63) is 66.2 Å². The Balaban J connectivity index is 2.01. The summed E-state index contributed by atoms with van der Waals surface area (Å²) in [6.07, 6.45) is 2.85. The fraction of sp³-hybridized carbons (Fsp3) is 0.238. The van der Waals surface area contributed by atoms with E-state index >= 15 is 0 Å². The molecular formula is C21H23N5O4. The molecule has 1 unspecified atom stereocenters. The van der Waals surface area contributed by atoms with Gasteiger partial charge in [-0.1, -0.05) is 18.2 Å². The molecule has 0 bridgehead atoms. The normalized spacial score (nSPS) is 12.4. The van der Waals surface area contributed by atoms with Crippen molar-refractivity contribution in [2.24, 2.45) is 0 Å². The van der Waals surface area contributed by atoms with Crippen molar-refractivity contribution < 1.29 is 19.0 Å². The number of nitrogens with one attached hydrogen (secondary N) is 2. The van der Waals surface area contributed by atoms with E-state index in [4.69, 9.17) is 14.2 Å². The average Bonchev–Trinajstić information content (AvgIpc) is 2.79. The summed E-state index contributed by atoms with van der Waals surface area (Å²) in [4.78, 5) is 16.9. The van der Waals surface area contributed by atoms with E-state index < -0.39 is 5.66 Å². The number of carbonyl (C=O) groups is 1. The van der Waals surface area contributed by atoms with E-state index in [0.717, 1.165) is 0 Å². The molecule has 0 saturated heterocycles. The minimum Gasteiger partial charge on any atom is -0.493 e. The number of amides is 1. The number of hydrogen-bond donors (Lipinski definition) is 2. The van der Waals surface area contributed by atoms with Crippen LogP contribution in [-0.2, 0) is 5.66 Å². The highest BCUT2D eigenvalue weighted by Crippen LogP contribution is 2.41. The van der Waals surface area contributed by atoms with Crippen LogP contribution in [0.2, 0.25) is 0 Å². The molecular weight excluding hydrogens is 386 g/mol. The molecule has 0 aliphatic rings. The summed E-state index contributed by atoms with van der Waals surface area (Å²) < 4.78 is 16.2. The fourth-order valence-electron chi connectivity index (χ4n) is 2.97. The third kappa shape index (κ3) is 4.40. The van der Waals surface area contributed by atoms with Crippen LogP contribution in [0.4, 0.5) is 5.69 Å². The smallest absolute Gasteiger partial charge is 0.253 e. The van der Waals surface area contributed by atoms with Crippen LogP contribution in [0.5, 0.6) is 17.2 Å². The summed E-state index contributed by atoms with van der Waals surface area (Å²) >= 11 is 0. The lowest BCUT2D eigenvalue weighted by molar-refractivity contribution is 0.0913. The average molecular weight is 409 g/mol. The highest BCUT2D eigenvalue weighted by molar-refractivity contribution is 5.94. The van der Waals surface area contributed by atoms with Gasteiger partial charge in [0.1, 0.15) is 12.0 Å². The Morgan fingerprint density at radius 2 is 1.67 bits per heavy atom. The monoisotopic (exact) mass is 409 g/mol. The van der Waals surface area contributed by atoms with Crippen LogP contribution in [0, 0.1) is 0 Å². The highest BCUT2D eigenvalue weighted by atomic mass is 16.5. The Labute approximate surface area is 174 Å². The molecule has 0 aliphatic carbocycles. The lowest BCUT2D eigenvalue weighted by atomic mass is 10.1. The number of methoxy groups -OCH3 is 3. The summed E-state index contributed by atoms with van der Waals surface area (Å²) in [6.45, 7) is 1.77. The Morgan fingerprint density at radius 1 is 1.00 bits per heavy atom. The summed E-state index contributed by atoms with van der Waals surface area (Å²) in [5.41, 5.74) is 0.389. The van der Waals surface area contributed by atoms with Crippen LogP contribution in [0.3, 0.4) is 0 Å². The van der Waals surface area contributed by atoms with E-state index in [2.05, 4.69) is 25.8 Å². The van der Waals surface area contributed by atoms with Crippen molar-refractivity contribution in [3.63, 3.8) is 0 Å². The second-order valence-electron chi connectivity index (χ2n) is 6.48. The fourth-order valence-corrected chi connectivity index (χ4v) is 2.97. The molecule has 0 spiro atoms. The van der Waals surface area contributed by atoms with Gasteiger partial charge in [0.25, 0.3) is 5.91 Å². The van der Waals surface area contributed by atoms with Gasteiger partial charge in [-0.05, 0) is 19.1 Å². The van der Waals surface area contributed by atoms with Gasteiger partial charge >= 0.3 is 0 Å². The molecule has 0 fully saturated rings. The number of aromatic nitrogens is 3. The molecule has 2 aromatic carbocycles. The standard InChI is InChI=1S/C21H23N5O4/c1-21(18-12-22-13-23-26-18,25-20(27)14-8-6-5-7-9-14)24-15-10-16(28-2)19(30-4)17(11-15)29-3/h5-13,24H,1-4H3,(H,25,27). The van der Waals surface area contributed by atoms with Crippen LogP contribution in [0.25, 0.3) is 0 Å². The van der Waals surface area contributed by atoms with Gasteiger partial charge in [-0.15, -0.1) is 10.2 Å². The molecule has 1 heterocycles. The largest absolute Gasteiger partial charge is 0.493 e. The van der Waals surface area contributed by atoms with Gasteiger partial charge in [0.2, 0.25) is 5.75 Å². The Kier molecular flexibility index (Phi) is 6.31. The number of benzene rings is 2. The van der Waals surface area contributed by atoms with Crippen molar-refractivity contribution in [1.29, 1.82) is 0 Å². The maximum Gasteiger partial charge on any atom is 0.253 e. The lowest BCUT2D eigenvalue weighted by Gasteiger charge is -2.32.